The summed E-state index contributed by atoms with van der Waals surface area (Å²) in [5.41, 5.74) is 4.73. The van der Waals surface area contributed by atoms with Gasteiger partial charge in [0.2, 0.25) is 0 Å². The Labute approximate surface area is 54.3 Å². The highest BCUT2D eigenvalue weighted by Gasteiger charge is 1.89. The van der Waals surface area contributed by atoms with Crippen LogP contribution in [0.4, 0.5) is 0 Å². The summed E-state index contributed by atoms with van der Waals surface area (Å²) in [7, 11) is 0. The van der Waals surface area contributed by atoms with Crippen LogP contribution in [0, 0.1) is 0 Å². The molecule has 0 aromatic carbocycles. The summed E-state index contributed by atoms with van der Waals surface area (Å²) in [4.78, 5) is 3.71. The monoisotopic (exact) mass is 120 g/mol. The van der Waals surface area contributed by atoms with Crippen molar-refractivity contribution in [1.29, 1.82) is 0 Å². The van der Waals surface area contributed by atoms with E-state index in [1.807, 2.05) is 19.2 Å². The normalized spacial score (nSPS) is 15.7. The van der Waals surface area contributed by atoms with Crippen LogP contribution in [-0.2, 0) is 0 Å². The lowest BCUT2D eigenvalue weighted by atomic mass is 10.3. The van der Waals surface area contributed by atoms with Crippen LogP contribution in [0.3, 0.4) is 0 Å². The third-order valence-electron chi connectivity index (χ3n) is 1.03. The molecule has 9 heavy (non-hydrogen) atoms. The number of allylic oxidation sites excluding steroid dienone is 1. The number of aliphatic imine (C=N–C) groups is 1. The van der Waals surface area contributed by atoms with Crippen molar-refractivity contribution in [2.24, 2.45) is 4.99 Å². The maximum Gasteiger partial charge on any atom is 0.107 e. The minimum atomic E-state index is 0.784. The van der Waals surface area contributed by atoms with Crippen molar-refractivity contribution in [1.82, 2.24) is 5.32 Å². The van der Waals surface area contributed by atoms with Crippen molar-refractivity contribution in [3.8, 4) is 0 Å². The van der Waals surface area contributed by atoms with E-state index in [-0.39, 0.29) is 0 Å². The van der Waals surface area contributed by atoms with Crippen LogP contribution in [0.15, 0.2) is 34.4 Å². The van der Waals surface area contributed by atoms with Gasteiger partial charge in [0.05, 0.1) is 5.70 Å². The van der Waals surface area contributed by atoms with Gasteiger partial charge in [-0.15, -0.1) is 0 Å². The highest BCUT2D eigenvalue weighted by atomic mass is 14.9. The third kappa shape index (κ3) is 1.31. The van der Waals surface area contributed by atoms with Gasteiger partial charge in [0, 0.05) is 6.20 Å². The average Bonchev–Trinajstić information content (AvgIpc) is 1.88. The molecule has 0 spiro atoms. The second kappa shape index (κ2) is 2.33. The molecular formula is C7H8N2. The first-order valence-corrected chi connectivity index (χ1v) is 2.70. The molecule has 1 aliphatic heterocycles. The second-order valence-corrected chi connectivity index (χ2v) is 1.77. The number of nitrogens with one attached hydrogen (secondary N) is 1. The van der Waals surface area contributed by atoms with Crippen molar-refractivity contribution in [2.75, 3.05) is 0 Å². The van der Waals surface area contributed by atoms with Crippen LogP contribution >= 0.6 is 0 Å². The van der Waals surface area contributed by atoms with Crippen molar-refractivity contribution < 1.29 is 0 Å². The van der Waals surface area contributed by atoms with Gasteiger partial charge in [-0.1, -0.05) is 5.73 Å². The molecule has 1 aliphatic rings. The van der Waals surface area contributed by atoms with Gasteiger partial charge in [-0.25, -0.2) is 0 Å². The average molecular weight is 120 g/mol. The van der Waals surface area contributed by atoms with E-state index in [1.54, 1.807) is 0 Å². The minimum Gasteiger partial charge on any atom is -0.359 e. The number of nitrogens with zero attached hydrogens (tertiary/aromatic N) is 1. The first kappa shape index (κ1) is 5.86. The van der Waals surface area contributed by atoms with Crippen LogP contribution in [0.1, 0.15) is 6.92 Å². The fourth-order valence-corrected chi connectivity index (χ4v) is 0.608. The Balaban J connectivity index is 3.02. The maximum absolute atomic E-state index is 3.71. The summed E-state index contributed by atoms with van der Waals surface area (Å²) in [5, 5.41) is 2.96. The number of rotatable bonds is 1. The summed E-state index contributed by atoms with van der Waals surface area (Å²) in [6.07, 6.45) is 3.63. The largest absolute Gasteiger partial charge is 0.359 e. The Morgan fingerprint density at radius 3 is 3.00 bits per heavy atom. The van der Waals surface area contributed by atoms with Crippen molar-refractivity contribution in [3.63, 3.8) is 0 Å². The molecule has 0 amide bonds. The molecule has 1 heterocycles. The first-order chi connectivity index (χ1) is 4.33. The molecule has 0 radical (unpaired) electrons. The summed E-state index contributed by atoms with van der Waals surface area (Å²) < 4.78 is 0. The van der Waals surface area contributed by atoms with Crippen LogP contribution in [0.5, 0.6) is 0 Å². The predicted octanol–water partition coefficient (Wildman–Crippen LogP) is 1.19. The molecular weight excluding hydrogens is 112 g/mol. The van der Waals surface area contributed by atoms with Gasteiger partial charge in [-0.3, -0.25) is 4.99 Å². The van der Waals surface area contributed by atoms with E-state index in [1.165, 1.54) is 0 Å². The maximum atomic E-state index is 3.71. The zero-order valence-corrected chi connectivity index (χ0v) is 5.31. The lowest BCUT2D eigenvalue weighted by Gasteiger charge is -2.00. The topological polar surface area (TPSA) is 24.4 Å². The Hall–Kier alpha value is -1.27. The van der Waals surface area contributed by atoms with Gasteiger partial charge in [0.15, 0.2) is 0 Å². The van der Waals surface area contributed by atoms with Gasteiger partial charge in [-0.05, 0) is 19.7 Å². The van der Waals surface area contributed by atoms with Crippen molar-refractivity contribution >= 4 is 6.72 Å². The van der Waals surface area contributed by atoms with E-state index >= 15 is 0 Å². The zero-order valence-electron chi connectivity index (χ0n) is 5.31. The summed E-state index contributed by atoms with van der Waals surface area (Å²) in [6.45, 7) is 5.30. The van der Waals surface area contributed by atoms with E-state index in [2.05, 4.69) is 22.8 Å². The number of hydrogen-bond acceptors (Lipinski definition) is 2. The molecule has 2 heteroatoms. The predicted molar refractivity (Wildman–Crippen MR) is 38.0 cm³/mol. The fraction of sp³-hybridized carbons (Fsp3) is 0.143. The lowest BCUT2D eigenvalue weighted by Crippen LogP contribution is -2.02. The van der Waals surface area contributed by atoms with Crippen LogP contribution in [0.2, 0.25) is 0 Å². The minimum absolute atomic E-state index is 0.784. The van der Waals surface area contributed by atoms with Crippen LogP contribution < -0.4 is 5.32 Å². The number of hydrogen-bond donors (Lipinski definition) is 1. The van der Waals surface area contributed by atoms with Gasteiger partial charge >= 0.3 is 0 Å². The van der Waals surface area contributed by atoms with E-state index in [9.17, 15) is 0 Å². The lowest BCUT2D eigenvalue weighted by molar-refractivity contribution is 1.04. The van der Waals surface area contributed by atoms with E-state index in [0.717, 1.165) is 11.4 Å². The Bertz CT molecular complexity index is 217. The van der Waals surface area contributed by atoms with Crippen molar-refractivity contribution in [3.05, 3.63) is 29.4 Å². The molecule has 46 valence electrons. The quantitative estimate of drug-likeness (QED) is 0.408. The van der Waals surface area contributed by atoms with E-state index in [4.69, 9.17) is 0 Å². The highest BCUT2D eigenvalue weighted by molar-refractivity contribution is 5.34. The Morgan fingerprint density at radius 2 is 2.56 bits per heavy atom. The standard InChI is InChI=1S/C7H8N2/c1-6-5-7(8-2)3-4-9-6/h3-4,9H,2H2,1H3. The van der Waals surface area contributed by atoms with E-state index < -0.39 is 0 Å². The molecule has 1 rings (SSSR count). The molecule has 0 atom stereocenters. The fourth-order valence-electron chi connectivity index (χ4n) is 0.608. The molecule has 2 nitrogen and oxygen atoms in total. The summed E-state index contributed by atoms with van der Waals surface area (Å²) >= 11 is 0. The summed E-state index contributed by atoms with van der Waals surface area (Å²) in [5.74, 6) is 0. The van der Waals surface area contributed by atoms with Crippen LogP contribution in [-0.4, -0.2) is 6.72 Å². The van der Waals surface area contributed by atoms with Crippen molar-refractivity contribution in [2.45, 2.75) is 6.92 Å². The van der Waals surface area contributed by atoms with Crippen LogP contribution in [0.25, 0.3) is 0 Å². The first-order valence-electron chi connectivity index (χ1n) is 2.70. The molecule has 1 N–H and O–H groups in total. The van der Waals surface area contributed by atoms with E-state index in [0.29, 0.717) is 0 Å². The summed E-state index contributed by atoms with van der Waals surface area (Å²) in [6, 6.07) is 0. The smallest absolute Gasteiger partial charge is 0.107 e. The highest BCUT2D eigenvalue weighted by Crippen LogP contribution is 2.00. The molecule has 0 saturated heterocycles. The molecule has 0 unspecified atom stereocenters. The zero-order chi connectivity index (χ0) is 6.69. The molecule has 0 bridgehead atoms. The van der Waals surface area contributed by atoms with Gasteiger partial charge < -0.3 is 5.32 Å². The molecule has 0 aromatic rings. The molecule has 0 saturated carbocycles. The SMILES string of the molecule is C=NC1=C=C(C)NC=C1. The third-order valence-corrected chi connectivity index (χ3v) is 1.03. The molecule has 0 aromatic heterocycles. The Kier molecular flexibility index (Phi) is 1.52. The van der Waals surface area contributed by atoms with Gasteiger partial charge in [0.25, 0.3) is 0 Å². The Morgan fingerprint density at radius 1 is 1.78 bits per heavy atom. The molecule has 0 aliphatic carbocycles. The van der Waals surface area contributed by atoms with Gasteiger partial charge in [-0.2, -0.15) is 0 Å². The van der Waals surface area contributed by atoms with Gasteiger partial charge in [0.1, 0.15) is 5.70 Å². The second-order valence-electron chi connectivity index (χ2n) is 1.77. The molecule has 0 fully saturated rings.